The highest BCUT2D eigenvalue weighted by molar-refractivity contribution is 7.94. The third-order valence-corrected chi connectivity index (χ3v) is 6.18. The highest BCUT2D eigenvalue weighted by Gasteiger charge is 2.21. The van der Waals surface area contributed by atoms with E-state index in [1.807, 2.05) is 6.92 Å². The molecule has 0 bridgehead atoms. The van der Waals surface area contributed by atoms with Crippen LogP contribution in [0.2, 0.25) is 0 Å². The summed E-state index contributed by atoms with van der Waals surface area (Å²) in [6.07, 6.45) is 1.57. The van der Waals surface area contributed by atoms with Crippen LogP contribution in [0.1, 0.15) is 23.0 Å². The zero-order valence-electron chi connectivity index (χ0n) is 13.9. The molecule has 26 heavy (non-hydrogen) atoms. The number of hydrogen-bond acceptors (Lipinski definition) is 8. The Balaban J connectivity index is 1.80. The van der Waals surface area contributed by atoms with Crippen LogP contribution in [-0.4, -0.2) is 31.1 Å². The Kier molecular flexibility index (Phi) is 5.05. The van der Waals surface area contributed by atoms with Crippen molar-refractivity contribution >= 4 is 33.1 Å². The molecule has 0 saturated heterocycles. The molecule has 3 aromatic heterocycles. The van der Waals surface area contributed by atoms with Crippen molar-refractivity contribution in [1.29, 1.82) is 0 Å². The molecule has 8 nitrogen and oxygen atoms in total. The summed E-state index contributed by atoms with van der Waals surface area (Å²) < 4.78 is 37.4. The van der Waals surface area contributed by atoms with E-state index in [1.54, 1.807) is 31.3 Å². The van der Waals surface area contributed by atoms with Crippen LogP contribution >= 0.6 is 11.3 Å². The number of thiophene rings is 1. The van der Waals surface area contributed by atoms with Crippen molar-refractivity contribution in [3.8, 4) is 10.6 Å². The topological polar surface area (TPSA) is 111 Å². The normalized spacial score (nSPS) is 11.3. The maximum absolute atomic E-state index is 12.5. The molecule has 0 unspecified atom stereocenters. The van der Waals surface area contributed by atoms with Crippen molar-refractivity contribution in [2.45, 2.75) is 18.1 Å². The molecule has 0 aliphatic heterocycles. The number of hydrogen-bond donors (Lipinski definition) is 1. The maximum atomic E-state index is 12.5. The van der Waals surface area contributed by atoms with Crippen LogP contribution < -0.4 is 4.72 Å². The number of rotatable bonds is 6. The number of aromatic nitrogens is 2. The number of pyridine rings is 1. The summed E-state index contributed by atoms with van der Waals surface area (Å²) in [6, 6.07) is 7.79. The van der Waals surface area contributed by atoms with Gasteiger partial charge in [0.15, 0.2) is 11.5 Å². The summed E-state index contributed by atoms with van der Waals surface area (Å²) in [5, 5.41) is 3.64. The highest BCUT2D eigenvalue weighted by Crippen LogP contribution is 2.32. The SMILES string of the molecule is CCOC(=O)c1cc(-c2ccc(S(=O)(=O)Nc3ccc(C)cn3)s2)on1. The molecule has 0 aromatic carbocycles. The number of sulfonamides is 1. The number of carbonyl (C=O) groups is 1. The van der Waals surface area contributed by atoms with Gasteiger partial charge < -0.3 is 9.26 Å². The van der Waals surface area contributed by atoms with Gasteiger partial charge in [0.05, 0.1) is 11.5 Å². The third-order valence-electron chi connectivity index (χ3n) is 3.23. The first-order valence-corrected chi connectivity index (χ1v) is 9.88. The largest absolute Gasteiger partial charge is 0.461 e. The molecule has 0 saturated carbocycles. The van der Waals surface area contributed by atoms with E-state index in [4.69, 9.17) is 9.26 Å². The summed E-state index contributed by atoms with van der Waals surface area (Å²) in [5.74, 6) is -0.0817. The number of carbonyl (C=O) groups excluding carboxylic acids is 1. The number of nitrogens with one attached hydrogen (secondary N) is 1. The fourth-order valence-electron chi connectivity index (χ4n) is 2.01. The molecule has 0 amide bonds. The summed E-state index contributed by atoms with van der Waals surface area (Å²) in [7, 11) is -3.78. The lowest BCUT2D eigenvalue weighted by atomic mass is 10.3. The maximum Gasteiger partial charge on any atom is 0.360 e. The average molecular weight is 393 g/mol. The number of esters is 1. The van der Waals surface area contributed by atoms with Gasteiger partial charge in [-0.25, -0.2) is 18.2 Å². The first-order valence-electron chi connectivity index (χ1n) is 7.58. The Morgan fingerprint density at radius 3 is 2.81 bits per heavy atom. The van der Waals surface area contributed by atoms with Gasteiger partial charge in [0, 0.05) is 12.3 Å². The van der Waals surface area contributed by atoms with Gasteiger partial charge in [-0.3, -0.25) is 4.72 Å². The summed E-state index contributed by atoms with van der Waals surface area (Å²) in [6.45, 7) is 3.77. The van der Waals surface area contributed by atoms with E-state index in [-0.39, 0.29) is 28.1 Å². The minimum Gasteiger partial charge on any atom is -0.461 e. The quantitative estimate of drug-likeness (QED) is 0.641. The molecular weight excluding hydrogens is 378 g/mol. The van der Waals surface area contributed by atoms with E-state index in [1.165, 1.54) is 12.1 Å². The average Bonchev–Trinajstić information content (AvgIpc) is 3.26. The summed E-state index contributed by atoms with van der Waals surface area (Å²) >= 11 is 0.990. The predicted molar refractivity (Wildman–Crippen MR) is 95.6 cm³/mol. The molecule has 0 aliphatic rings. The Labute approximate surface area is 153 Å². The molecule has 3 heterocycles. The van der Waals surface area contributed by atoms with Gasteiger partial charge in [-0.05, 0) is 37.6 Å². The molecule has 10 heteroatoms. The standard InChI is InChI=1S/C16H15N3O5S2/c1-3-23-16(20)11-8-12(24-18-11)13-5-7-15(25-13)26(21,22)19-14-6-4-10(2)9-17-14/h4-9H,3H2,1-2H3,(H,17,19). The zero-order valence-corrected chi connectivity index (χ0v) is 15.6. The molecule has 3 rings (SSSR count). The van der Waals surface area contributed by atoms with E-state index in [9.17, 15) is 13.2 Å². The zero-order chi connectivity index (χ0) is 18.7. The van der Waals surface area contributed by atoms with Gasteiger partial charge in [-0.2, -0.15) is 0 Å². The molecule has 3 aromatic rings. The van der Waals surface area contributed by atoms with Crippen LogP contribution in [0, 0.1) is 6.92 Å². The second kappa shape index (κ2) is 7.26. The second-order valence-corrected chi connectivity index (χ2v) is 8.23. The number of ether oxygens (including phenoxy) is 1. The summed E-state index contributed by atoms with van der Waals surface area (Å²) in [5.41, 5.74) is 0.954. The fourth-order valence-corrected chi connectivity index (χ4v) is 4.27. The smallest absolute Gasteiger partial charge is 0.360 e. The number of nitrogens with zero attached hydrogens (tertiary/aromatic N) is 2. The van der Waals surface area contributed by atoms with E-state index in [2.05, 4.69) is 14.9 Å². The lowest BCUT2D eigenvalue weighted by Gasteiger charge is -2.05. The first-order chi connectivity index (χ1) is 12.4. The number of anilines is 1. The van der Waals surface area contributed by atoms with Gasteiger partial charge in [0.1, 0.15) is 10.0 Å². The second-order valence-electron chi connectivity index (χ2n) is 5.24. The van der Waals surface area contributed by atoms with E-state index in [0.29, 0.717) is 4.88 Å². The van der Waals surface area contributed by atoms with Gasteiger partial charge in [-0.1, -0.05) is 11.2 Å². The monoisotopic (exact) mass is 393 g/mol. The van der Waals surface area contributed by atoms with E-state index >= 15 is 0 Å². The molecule has 0 radical (unpaired) electrons. The van der Waals surface area contributed by atoms with Gasteiger partial charge in [0.25, 0.3) is 10.0 Å². The van der Waals surface area contributed by atoms with Crippen LogP contribution in [-0.2, 0) is 14.8 Å². The van der Waals surface area contributed by atoms with Crippen LogP contribution in [0.3, 0.4) is 0 Å². The van der Waals surface area contributed by atoms with Gasteiger partial charge in [0.2, 0.25) is 0 Å². The van der Waals surface area contributed by atoms with Crippen LogP contribution in [0.4, 0.5) is 5.82 Å². The Hall–Kier alpha value is -2.72. The van der Waals surface area contributed by atoms with E-state index < -0.39 is 16.0 Å². The van der Waals surface area contributed by atoms with Crippen LogP contribution in [0.15, 0.2) is 45.3 Å². The molecule has 0 spiro atoms. The van der Waals surface area contributed by atoms with Gasteiger partial charge in [-0.15, -0.1) is 11.3 Å². The van der Waals surface area contributed by atoms with Gasteiger partial charge >= 0.3 is 5.97 Å². The number of aryl methyl sites for hydroxylation is 1. The molecule has 0 atom stereocenters. The van der Waals surface area contributed by atoms with Crippen molar-refractivity contribution in [2.75, 3.05) is 11.3 Å². The van der Waals surface area contributed by atoms with Crippen molar-refractivity contribution in [1.82, 2.24) is 10.1 Å². The minimum absolute atomic E-state index is 0.0293. The molecule has 0 fully saturated rings. The Morgan fingerprint density at radius 1 is 1.31 bits per heavy atom. The molecule has 136 valence electrons. The molecule has 0 aliphatic carbocycles. The van der Waals surface area contributed by atoms with Crippen LogP contribution in [0.25, 0.3) is 10.6 Å². The Bertz CT molecular complexity index is 1020. The third kappa shape index (κ3) is 3.92. The summed E-state index contributed by atoms with van der Waals surface area (Å²) in [4.78, 5) is 16.2. The molecule has 1 N–H and O–H groups in total. The first kappa shape index (κ1) is 18.1. The minimum atomic E-state index is -3.78. The van der Waals surface area contributed by atoms with E-state index in [0.717, 1.165) is 16.9 Å². The lowest BCUT2D eigenvalue weighted by molar-refractivity contribution is 0.0514. The van der Waals surface area contributed by atoms with Crippen molar-refractivity contribution < 1.29 is 22.5 Å². The van der Waals surface area contributed by atoms with Crippen molar-refractivity contribution in [3.05, 3.63) is 47.8 Å². The highest BCUT2D eigenvalue weighted by atomic mass is 32.2. The Morgan fingerprint density at radius 2 is 2.12 bits per heavy atom. The fraction of sp³-hybridized carbons (Fsp3) is 0.188. The lowest BCUT2D eigenvalue weighted by Crippen LogP contribution is -2.12. The molecular formula is C16H15N3O5S2. The van der Waals surface area contributed by atoms with Crippen LogP contribution in [0.5, 0.6) is 0 Å². The van der Waals surface area contributed by atoms with Crippen molar-refractivity contribution in [2.24, 2.45) is 0 Å². The van der Waals surface area contributed by atoms with Crippen molar-refractivity contribution in [3.63, 3.8) is 0 Å². The predicted octanol–water partition coefficient (Wildman–Crippen LogP) is 3.08.